The summed E-state index contributed by atoms with van der Waals surface area (Å²) in [5.41, 5.74) is 2.11. The van der Waals surface area contributed by atoms with Crippen molar-refractivity contribution >= 4 is 39.1 Å². The van der Waals surface area contributed by atoms with E-state index < -0.39 is 4.92 Å². The number of fused-ring (bicyclic) bond motifs is 1. The van der Waals surface area contributed by atoms with E-state index in [1.54, 1.807) is 6.07 Å². The van der Waals surface area contributed by atoms with Gasteiger partial charge in [0.2, 0.25) is 0 Å². The maximum absolute atomic E-state index is 11.3. The molecule has 4 rings (SSSR count). The number of hydrogen-bond acceptors (Lipinski definition) is 7. The molecule has 7 nitrogen and oxygen atoms in total. The number of methoxy groups -OCH3 is 1. The Morgan fingerprint density at radius 3 is 2.74 bits per heavy atom. The molecule has 0 bridgehead atoms. The molecule has 0 aliphatic carbocycles. The van der Waals surface area contributed by atoms with Crippen LogP contribution >= 0.6 is 11.3 Å². The van der Waals surface area contributed by atoms with Gasteiger partial charge in [-0.25, -0.2) is 4.98 Å². The fourth-order valence-electron chi connectivity index (χ4n) is 3.08. The Balaban J connectivity index is 1.62. The number of nitriles is 1. The standard InChI is InChI=1S/C23H16N4O3S/c1-30-19-8-9-20(22(11-19)27(28)29)25-13-18(12-24)23-26-21(14-31-23)17-7-6-15-4-2-3-5-16(15)10-17/h2-11,13-14,25H,1H3. The van der Waals surface area contributed by atoms with Gasteiger partial charge in [-0.3, -0.25) is 10.1 Å². The summed E-state index contributed by atoms with van der Waals surface area (Å²) in [6, 6.07) is 20.7. The molecule has 0 radical (unpaired) electrons. The van der Waals surface area contributed by atoms with Gasteiger partial charge in [0.15, 0.2) is 0 Å². The van der Waals surface area contributed by atoms with Gasteiger partial charge in [-0.15, -0.1) is 11.3 Å². The highest BCUT2D eigenvalue weighted by atomic mass is 32.1. The molecule has 0 saturated heterocycles. The third-order valence-corrected chi connectivity index (χ3v) is 5.55. The van der Waals surface area contributed by atoms with Crippen LogP contribution in [0.15, 0.2) is 72.2 Å². The van der Waals surface area contributed by atoms with Crippen molar-refractivity contribution in [1.29, 1.82) is 5.26 Å². The molecule has 0 saturated carbocycles. The van der Waals surface area contributed by atoms with E-state index in [9.17, 15) is 15.4 Å². The van der Waals surface area contributed by atoms with Crippen molar-refractivity contribution in [1.82, 2.24) is 4.98 Å². The lowest BCUT2D eigenvalue weighted by Gasteiger charge is -2.05. The summed E-state index contributed by atoms with van der Waals surface area (Å²) in [6.07, 6.45) is 1.43. The van der Waals surface area contributed by atoms with Gasteiger partial charge in [0.1, 0.15) is 28.1 Å². The second-order valence-corrected chi connectivity index (χ2v) is 7.41. The van der Waals surface area contributed by atoms with E-state index in [1.165, 1.54) is 36.8 Å². The summed E-state index contributed by atoms with van der Waals surface area (Å²) in [5, 5.41) is 28.5. The van der Waals surface area contributed by atoms with Gasteiger partial charge < -0.3 is 10.1 Å². The van der Waals surface area contributed by atoms with Crippen molar-refractivity contribution in [2.75, 3.05) is 12.4 Å². The summed E-state index contributed by atoms with van der Waals surface area (Å²) in [7, 11) is 1.44. The zero-order valence-electron chi connectivity index (χ0n) is 16.4. The minimum absolute atomic E-state index is 0.149. The van der Waals surface area contributed by atoms with Crippen molar-refractivity contribution in [3.63, 3.8) is 0 Å². The van der Waals surface area contributed by atoms with Gasteiger partial charge >= 0.3 is 0 Å². The van der Waals surface area contributed by atoms with Gasteiger partial charge in [0.05, 0.1) is 23.8 Å². The summed E-state index contributed by atoms with van der Waals surface area (Å²) in [5.74, 6) is 0.377. The Bertz CT molecular complexity index is 1350. The van der Waals surface area contributed by atoms with E-state index in [-0.39, 0.29) is 16.9 Å². The van der Waals surface area contributed by atoms with E-state index in [0.717, 1.165) is 22.0 Å². The average molecular weight is 428 g/mol. The summed E-state index contributed by atoms with van der Waals surface area (Å²) < 4.78 is 5.04. The van der Waals surface area contributed by atoms with Crippen LogP contribution in [0.3, 0.4) is 0 Å². The minimum Gasteiger partial charge on any atom is -0.496 e. The van der Waals surface area contributed by atoms with Crippen molar-refractivity contribution in [3.8, 4) is 23.1 Å². The average Bonchev–Trinajstić information content (AvgIpc) is 3.29. The number of allylic oxidation sites excluding steroid dienone is 1. The lowest BCUT2D eigenvalue weighted by molar-refractivity contribution is -0.384. The van der Waals surface area contributed by atoms with Crippen molar-refractivity contribution < 1.29 is 9.66 Å². The highest BCUT2D eigenvalue weighted by Gasteiger charge is 2.15. The minimum atomic E-state index is -0.508. The second-order valence-electron chi connectivity index (χ2n) is 6.55. The topological polar surface area (TPSA) is 101 Å². The number of anilines is 1. The van der Waals surface area contributed by atoms with Crippen molar-refractivity contribution in [2.24, 2.45) is 0 Å². The number of ether oxygens (including phenoxy) is 1. The number of thiazole rings is 1. The maximum Gasteiger partial charge on any atom is 0.296 e. The molecule has 8 heteroatoms. The largest absolute Gasteiger partial charge is 0.496 e. The van der Waals surface area contributed by atoms with Gasteiger partial charge in [-0.05, 0) is 29.0 Å². The Morgan fingerprint density at radius 1 is 1.19 bits per heavy atom. The predicted molar refractivity (Wildman–Crippen MR) is 122 cm³/mol. The number of rotatable bonds is 6. The molecule has 1 aromatic heterocycles. The highest BCUT2D eigenvalue weighted by molar-refractivity contribution is 7.11. The van der Waals surface area contributed by atoms with Gasteiger partial charge in [-0.1, -0.05) is 36.4 Å². The van der Waals surface area contributed by atoms with Crippen LogP contribution in [0.2, 0.25) is 0 Å². The fraction of sp³-hybridized carbons (Fsp3) is 0.0435. The first-order valence-electron chi connectivity index (χ1n) is 9.23. The number of nitrogens with one attached hydrogen (secondary N) is 1. The number of aromatic nitrogens is 1. The first-order chi connectivity index (χ1) is 15.1. The van der Waals surface area contributed by atoms with Gasteiger partial charge in [-0.2, -0.15) is 5.26 Å². The normalized spacial score (nSPS) is 11.2. The van der Waals surface area contributed by atoms with Crippen LogP contribution in [0, 0.1) is 21.4 Å². The van der Waals surface area contributed by atoms with Gasteiger partial charge in [0.25, 0.3) is 5.69 Å². The zero-order valence-corrected chi connectivity index (χ0v) is 17.2. The monoisotopic (exact) mass is 428 g/mol. The third-order valence-electron chi connectivity index (χ3n) is 4.67. The first kappa shape index (κ1) is 20.1. The van der Waals surface area contributed by atoms with Crippen LogP contribution in [0.4, 0.5) is 11.4 Å². The number of nitro benzene ring substituents is 1. The summed E-state index contributed by atoms with van der Waals surface area (Å²) in [4.78, 5) is 15.4. The lowest BCUT2D eigenvalue weighted by atomic mass is 10.1. The Kier molecular flexibility index (Phi) is 5.60. The molecule has 0 spiro atoms. The lowest BCUT2D eigenvalue weighted by Crippen LogP contribution is -1.98. The molecule has 4 aromatic rings. The number of nitrogens with zero attached hydrogens (tertiary/aromatic N) is 3. The van der Waals surface area contributed by atoms with E-state index in [0.29, 0.717) is 10.8 Å². The molecule has 0 atom stereocenters. The summed E-state index contributed by atoms with van der Waals surface area (Å²) in [6.45, 7) is 0. The SMILES string of the molecule is COc1ccc(NC=C(C#N)c2nc(-c3ccc4ccccc4c3)cs2)c([N+](=O)[O-])c1. The van der Waals surface area contributed by atoms with Gasteiger partial charge in [0, 0.05) is 17.1 Å². The van der Waals surface area contributed by atoms with Crippen LogP contribution < -0.4 is 10.1 Å². The molecule has 3 aromatic carbocycles. The van der Waals surface area contributed by atoms with Crippen LogP contribution in [0.5, 0.6) is 5.75 Å². The second kappa shape index (κ2) is 8.65. The molecule has 0 fully saturated rings. The van der Waals surface area contributed by atoms with Crippen molar-refractivity contribution in [3.05, 3.63) is 87.4 Å². The quantitative estimate of drug-likeness (QED) is 0.235. The van der Waals surface area contributed by atoms with E-state index in [1.807, 2.05) is 41.8 Å². The van der Waals surface area contributed by atoms with Crippen LogP contribution in [0.25, 0.3) is 27.6 Å². The van der Waals surface area contributed by atoms with Crippen LogP contribution in [0.1, 0.15) is 5.01 Å². The van der Waals surface area contributed by atoms with Crippen LogP contribution in [-0.4, -0.2) is 17.0 Å². The smallest absolute Gasteiger partial charge is 0.296 e. The Morgan fingerprint density at radius 2 is 2.00 bits per heavy atom. The molecule has 0 amide bonds. The van der Waals surface area contributed by atoms with E-state index in [2.05, 4.69) is 22.4 Å². The molecule has 1 heterocycles. The maximum atomic E-state index is 11.3. The molecule has 1 N–H and O–H groups in total. The highest BCUT2D eigenvalue weighted by Crippen LogP contribution is 2.31. The summed E-state index contributed by atoms with van der Waals surface area (Å²) >= 11 is 1.34. The third kappa shape index (κ3) is 4.22. The van der Waals surface area contributed by atoms with Crippen molar-refractivity contribution in [2.45, 2.75) is 0 Å². The molecule has 0 unspecified atom stereocenters. The number of nitro groups is 1. The Labute approximate surface area is 182 Å². The molecular formula is C23H16N4O3S. The van der Waals surface area contributed by atoms with E-state index >= 15 is 0 Å². The van der Waals surface area contributed by atoms with Crippen LogP contribution in [-0.2, 0) is 0 Å². The number of benzene rings is 3. The molecule has 0 aliphatic heterocycles. The Hall–Kier alpha value is -4.22. The first-order valence-corrected chi connectivity index (χ1v) is 10.1. The fourth-order valence-corrected chi connectivity index (χ4v) is 3.88. The number of hydrogen-bond donors (Lipinski definition) is 1. The van der Waals surface area contributed by atoms with E-state index in [4.69, 9.17) is 4.74 Å². The molecular weight excluding hydrogens is 412 g/mol. The zero-order chi connectivity index (χ0) is 21.8. The molecule has 0 aliphatic rings. The predicted octanol–water partition coefficient (Wildman–Crippen LogP) is 5.86. The molecule has 31 heavy (non-hydrogen) atoms. The molecule has 152 valence electrons.